The molecular formula is C24H29NO4. The SMILES string of the molecule is CCOC(=O)C1(NC(=O)c2cccc(C(C)C)c2OCC)Cc2ccccc2C1. The molecule has 0 spiro atoms. The molecule has 0 unspecified atom stereocenters. The summed E-state index contributed by atoms with van der Waals surface area (Å²) in [7, 11) is 0. The van der Waals surface area contributed by atoms with Crippen LogP contribution in [0, 0.1) is 0 Å². The number of amides is 1. The normalized spacial score (nSPS) is 14.4. The van der Waals surface area contributed by atoms with Gasteiger partial charge in [-0.25, -0.2) is 4.79 Å². The number of hydrogen-bond donors (Lipinski definition) is 1. The van der Waals surface area contributed by atoms with Gasteiger partial charge in [0.25, 0.3) is 5.91 Å². The quantitative estimate of drug-likeness (QED) is 0.719. The molecule has 1 N–H and O–H groups in total. The lowest BCUT2D eigenvalue weighted by atomic mass is 9.93. The van der Waals surface area contributed by atoms with Crippen LogP contribution in [0.5, 0.6) is 5.75 Å². The van der Waals surface area contributed by atoms with Crippen molar-refractivity contribution in [3.8, 4) is 5.75 Å². The summed E-state index contributed by atoms with van der Waals surface area (Å²) in [6, 6.07) is 13.4. The molecule has 3 rings (SSSR count). The first-order valence-corrected chi connectivity index (χ1v) is 10.2. The number of nitrogens with one attached hydrogen (secondary N) is 1. The van der Waals surface area contributed by atoms with Crippen LogP contribution in [0.15, 0.2) is 42.5 Å². The van der Waals surface area contributed by atoms with Gasteiger partial charge < -0.3 is 14.8 Å². The molecule has 0 saturated carbocycles. The van der Waals surface area contributed by atoms with Crippen LogP contribution in [-0.4, -0.2) is 30.6 Å². The summed E-state index contributed by atoms with van der Waals surface area (Å²) in [6.45, 7) is 8.51. The van der Waals surface area contributed by atoms with Crippen molar-refractivity contribution in [1.29, 1.82) is 0 Å². The lowest BCUT2D eigenvalue weighted by Crippen LogP contribution is -2.56. The molecule has 0 fully saturated rings. The zero-order valence-corrected chi connectivity index (χ0v) is 17.6. The predicted molar refractivity (Wildman–Crippen MR) is 112 cm³/mol. The maximum Gasteiger partial charge on any atom is 0.332 e. The van der Waals surface area contributed by atoms with E-state index in [2.05, 4.69) is 19.2 Å². The lowest BCUT2D eigenvalue weighted by Gasteiger charge is -2.28. The largest absolute Gasteiger partial charge is 0.493 e. The standard InChI is InChI=1S/C24H29NO4/c1-5-28-21-19(16(3)4)12-9-13-20(21)22(26)25-24(23(27)29-6-2)14-17-10-7-8-11-18(17)15-24/h7-13,16H,5-6,14-15H2,1-4H3,(H,25,26). The number of ether oxygens (including phenoxy) is 2. The fraction of sp³-hybridized carbons (Fsp3) is 0.417. The molecule has 5 nitrogen and oxygen atoms in total. The summed E-state index contributed by atoms with van der Waals surface area (Å²) < 4.78 is 11.2. The Labute approximate surface area is 172 Å². The van der Waals surface area contributed by atoms with Crippen molar-refractivity contribution < 1.29 is 19.1 Å². The number of carbonyl (C=O) groups excluding carboxylic acids is 2. The van der Waals surface area contributed by atoms with Crippen molar-refractivity contribution in [3.05, 3.63) is 64.7 Å². The van der Waals surface area contributed by atoms with Gasteiger partial charge in [-0.1, -0.05) is 50.2 Å². The van der Waals surface area contributed by atoms with E-state index in [4.69, 9.17) is 9.47 Å². The minimum Gasteiger partial charge on any atom is -0.493 e. The van der Waals surface area contributed by atoms with Crippen LogP contribution in [0.2, 0.25) is 0 Å². The van der Waals surface area contributed by atoms with Crippen LogP contribution < -0.4 is 10.1 Å². The van der Waals surface area contributed by atoms with E-state index in [9.17, 15) is 9.59 Å². The van der Waals surface area contributed by atoms with Crippen LogP contribution in [-0.2, 0) is 22.4 Å². The second-order valence-electron chi connectivity index (χ2n) is 7.69. The topological polar surface area (TPSA) is 64.6 Å². The third kappa shape index (κ3) is 4.14. The predicted octanol–water partition coefficient (Wildman–Crippen LogP) is 4.04. The highest BCUT2D eigenvalue weighted by atomic mass is 16.5. The second-order valence-corrected chi connectivity index (χ2v) is 7.69. The van der Waals surface area contributed by atoms with Gasteiger partial charge in [-0.2, -0.15) is 0 Å². The number of rotatable bonds is 7. The smallest absolute Gasteiger partial charge is 0.332 e. The molecule has 0 aromatic heterocycles. The summed E-state index contributed by atoms with van der Waals surface area (Å²) in [5.74, 6) is 0.0652. The molecule has 1 aliphatic rings. The zero-order valence-electron chi connectivity index (χ0n) is 17.6. The van der Waals surface area contributed by atoms with Crippen LogP contribution in [0.3, 0.4) is 0 Å². The minimum atomic E-state index is -1.10. The molecule has 0 saturated heterocycles. The molecule has 0 atom stereocenters. The highest BCUT2D eigenvalue weighted by Crippen LogP contribution is 2.34. The highest BCUT2D eigenvalue weighted by Gasteiger charge is 2.46. The fourth-order valence-electron chi connectivity index (χ4n) is 3.95. The van der Waals surface area contributed by atoms with Gasteiger partial charge in [-0.3, -0.25) is 4.79 Å². The number of esters is 1. The highest BCUT2D eigenvalue weighted by molar-refractivity contribution is 6.01. The molecule has 2 aromatic carbocycles. The number of benzene rings is 2. The molecule has 5 heteroatoms. The van der Waals surface area contributed by atoms with Gasteiger partial charge in [0.15, 0.2) is 0 Å². The maximum atomic E-state index is 13.3. The van der Waals surface area contributed by atoms with E-state index < -0.39 is 11.5 Å². The van der Waals surface area contributed by atoms with Gasteiger partial charge in [-0.15, -0.1) is 0 Å². The first kappa shape index (κ1) is 20.9. The van der Waals surface area contributed by atoms with Crippen molar-refractivity contribution in [3.63, 3.8) is 0 Å². The Morgan fingerprint density at radius 3 is 2.21 bits per heavy atom. The number of carbonyl (C=O) groups is 2. The van der Waals surface area contributed by atoms with Gasteiger partial charge in [0.05, 0.1) is 18.8 Å². The molecule has 1 aliphatic carbocycles. The first-order valence-electron chi connectivity index (χ1n) is 10.2. The maximum absolute atomic E-state index is 13.3. The Bertz CT molecular complexity index is 879. The molecule has 2 aromatic rings. The Hall–Kier alpha value is -2.82. The average Bonchev–Trinajstić information content (AvgIpc) is 3.07. The van der Waals surface area contributed by atoms with Gasteiger partial charge in [0, 0.05) is 12.8 Å². The van der Waals surface area contributed by atoms with E-state index in [0.717, 1.165) is 16.7 Å². The molecular weight excluding hydrogens is 366 g/mol. The van der Waals surface area contributed by atoms with Crippen molar-refractivity contribution >= 4 is 11.9 Å². The monoisotopic (exact) mass is 395 g/mol. The minimum absolute atomic E-state index is 0.207. The van der Waals surface area contributed by atoms with Crippen LogP contribution in [0.25, 0.3) is 0 Å². The first-order chi connectivity index (χ1) is 13.9. The summed E-state index contributed by atoms with van der Waals surface area (Å²) in [4.78, 5) is 26.3. The lowest BCUT2D eigenvalue weighted by molar-refractivity contribution is -0.150. The van der Waals surface area contributed by atoms with Crippen molar-refractivity contribution in [2.24, 2.45) is 0 Å². The fourth-order valence-corrected chi connectivity index (χ4v) is 3.95. The number of hydrogen-bond acceptors (Lipinski definition) is 4. The van der Waals surface area contributed by atoms with E-state index >= 15 is 0 Å². The average molecular weight is 395 g/mol. The van der Waals surface area contributed by atoms with E-state index in [1.807, 2.05) is 43.3 Å². The van der Waals surface area contributed by atoms with Crippen LogP contribution in [0.4, 0.5) is 0 Å². The molecule has 154 valence electrons. The van der Waals surface area contributed by atoms with E-state index in [0.29, 0.717) is 30.8 Å². The second kappa shape index (κ2) is 8.68. The third-order valence-electron chi connectivity index (χ3n) is 5.32. The molecule has 0 aliphatic heterocycles. The van der Waals surface area contributed by atoms with Crippen molar-refractivity contribution in [2.75, 3.05) is 13.2 Å². The van der Waals surface area contributed by atoms with Gasteiger partial charge >= 0.3 is 5.97 Å². The number of fused-ring (bicyclic) bond motifs is 1. The van der Waals surface area contributed by atoms with Gasteiger partial charge in [0.1, 0.15) is 11.3 Å². The molecule has 0 heterocycles. The van der Waals surface area contributed by atoms with E-state index in [-0.39, 0.29) is 18.4 Å². The summed E-state index contributed by atoms with van der Waals surface area (Å²) in [5, 5.41) is 3.01. The summed E-state index contributed by atoms with van der Waals surface area (Å²) in [6.07, 6.45) is 0.836. The molecule has 1 amide bonds. The Balaban J connectivity index is 1.97. The van der Waals surface area contributed by atoms with Gasteiger partial charge in [-0.05, 0) is 42.5 Å². The van der Waals surface area contributed by atoms with E-state index in [1.54, 1.807) is 13.0 Å². The Morgan fingerprint density at radius 1 is 1.00 bits per heavy atom. The Morgan fingerprint density at radius 2 is 1.66 bits per heavy atom. The van der Waals surface area contributed by atoms with Crippen molar-refractivity contribution in [2.45, 2.75) is 52.0 Å². The third-order valence-corrected chi connectivity index (χ3v) is 5.32. The molecule has 29 heavy (non-hydrogen) atoms. The van der Waals surface area contributed by atoms with Gasteiger partial charge in [0.2, 0.25) is 0 Å². The number of para-hydroxylation sites is 1. The van der Waals surface area contributed by atoms with Crippen molar-refractivity contribution in [1.82, 2.24) is 5.32 Å². The van der Waals surface area contributed by atoms with Crippen LogP contribution in [0.1, 0.15) is 60.7 Å². The summed E-state index contributed by atoms with van der Waals surface area (Å²) >= 11 is 0. The van der Waals surface area contributed by atoms with Crippen LogP contribution >= 0.6 is 0 Å². The zero-order chi connectivity index (χ0) is 21.0. The molecule has 0 radical (unpaired) electrons. The summed E-state index contributed by atoms with van der Waals surface area (Å²) in [5.41, 5.74) is 2.43. The Kier molecular flexibility index (Phi) is 6.26. The molecule has 0 bridgehead atoms. The van der Waals surface area contributed by atoms with E-state index in [1.165, 1.54) is 0 Å².